The van der Waals surface area contributed by atoms with Crippen LogP contribution in [0.2, 0.25) is 0 Å². The van der Waals surface area contributed by atoms with Gasteiger partial charge in [0.1, 0.15) is 0 Å². The summed E-state index contributed by atoms with van der Waals surface area (Å²) in [5.74, 6) is 0.540. The predicted molar refractivity (Wildman–Crippen MR) is 110 cm³/mol. The molecule has 1 amide bonds. The fourth-order valence-electron chi connectivity index (χ4n) is 3.54. The van der Waals surface area contributed by atoms with Crippen LogP contribution in [0.5, 0.6) is 0 Å². The van der Waals surface area contributed by atoms with E-state index in [1.807, 2.05) is 6.07 Å². The summed E-state index contributed by atoms with van der Waals surface area (Å²) in [6.07, 6.45) is 4.95. The highest BCUT2D eigenvalue weighted by atomic mass is 32.1. The third-order valence-electron chi connectivity index (χ3n) is 5.31. The van der Waals surface area contributed by atoms with E-state index < -0.39 is 0 Å². The number of thiophene rings is 1. The summed E-state index contributed by atoms with van der Waals surface area (Å²) in [5, 5.41) is 2.92. The molecule has 1 aliphatic carbocycles. The lowest BCUT2D eigenvalue weighted by Crippen LogP contribution is -2.26. The standard InChI is InChI=1S/C21H28N2O3S/c1-21(2,3)15-5-7-17-14(11-15)12-18(27-17)20(25)22-16-6-8-19(24)23(13-16)9-10-26-4/h6,8,12-13,15H,5,7,9-11H2,1-4H3,(H,22,25). The molecule has 0 radical (unpaired) electrons. The van der Waals surface area contributed by atoms with Crippen molar-refractivity contribution in [3.8, 4) is 0 Å². The molecule has 0 spiro atoms. The van der Waals surface area contributed by atoms with Crippen LogP contribution in [-0.4, -0.2) is 24.2 Å². The van der Waals surface area contributed by atoms with Gasteiger partial charge in [0.05, 0.1) is 17.2 Å². The van der Waals surface area contributed by atoms with Crippen LogP contribution in [0, 0.1) is 11.3 Å². The van der Waals surface area contributed by atoms with Crippen LogP contribution in [0.1, 0.15) is 47.3 Å². The van der Waals surface area contributed by atoms with Gasteiger partial charge in [-0.05, 0) is 48.3 Å². The number of rotatable bonds is 5. The Morgan fingerprint density at radius 3 is 2.85 bits per heavy atom. The maximum atomic E-state index is 12.7. The van der Waals surface area contributed by atoms with Gasteiger partial charge in [-0.15, -0.1) is 11.3 Å². The van der Waals surface area contributed by atoms with Crippen LogP contribution in [0.25, 0.3) is 0 Å². The molecule has 2 heterocycles. The molecule has 146 valence electrons. The Hall–Kier alpha value is -1.92. The lowest BCUT2D eigenvalue weighted by Gasteiger charge is -2.33. The summed E-state index contributed by atoms with van der Waals surface area (Å²) in [4.78, 5) is 26.7. The molecule has 0 saturated heterocycles. The molecule has 1 N–H and O–H groups in total. The molecule has 0 saturated carbocycles. The second-order valence-corrected chi connectivity index (χ2v) is 9.40. The number of aromatic nitrogens is 1. The molecule has 5 nitrogen and oxygen atoms in total. The maximum Gasteiger partial charge on any atom is 0.265 e. The van der Waals surface area contributed by atoms with E-state index in [0.717, 1.165) is 17.7 Å². The number of amides is 1. The Bertz CT molecular complexity index is 876. The van der Waals surface area contributed by atoms with E-state index in [-0.39, 0.29) is 16.9 Å². The number of anilines is 1. The molecule has 2 aromatic rings. The molecular formula is C21H28N2O3S. The van der Waals surface area contributed by atoms with Crippen molar-refractivity contribution in [2.75, 3.05) is 19.0 Å². The molecule has 6 heteroatoms. The van der Waals surface area contributed by atoms with Crippen molar-refractivity contribution in [1.29, 1.82) is 0 Å². The highest BCUT2D eigenvalue weighted by Crippen LogP contribution is 2.40. The van der Waals surface area contributed by atoms with E-state index in [0.29, 0.717) is 24.8 Å². The van der Waals surface area contributed by atoms with Crippen LogP contribution >= 0.6 is 11.3 Å². The van der Waals surface area contributed by atoms with Crippen molar-refractivity contribution in [2.45, 2.75) is 46.6 Å². The number of pyridine rings is 1. The minimum Gasteiger partial charge on any atom is -0.383 e. The maximum absolute atomic E-state index is 12.7. The van der Waals surface area contributed by atoms with Crippen LogP contribution in [0.4, 0.5) is 5.69 Å². The molecule has 1 atom stereocenters. The zero-order chi connectivity index (χ0) is 19.6. The first-order chi connectivity index (χ1) is 12.8. The zero-order valence-corrected chi connectivity index (χ0v) is 17.3. The van der Waals surface area contributed by atoms with Gasteiger partial charge in [0.15, 0.2) is 0 Å². The van der Waals surface area contributed by atoms with E-state index in [2.05, 4.69) is 26.1 Å². The summed E-state index contributed by atoms with van der Waals surface area (Å²) in [7, 11) is 1.60. The first-order valence-electron chi connectivity index (χ1n) is 9.40. The van der Waals surface area contributed by atoms with Crippen molar-refractivity contribution in [2.24, 2.45) is 11.3 Å². The van der Waals surface area contributed by atoms with Gasteiger partial charge in [-0.3, -0.25) is 9.59 Å². The largest absolute Gasteiger partial charge is 0.383 e. The summed E-state index contributed by atoms with van der Waals surface area (Å²) < 4.78 is 6.57. The number of carbonyl (C=O) groups is 1. The molecule has 1 unspecified atom stereocenters. The van der Waals surface area contributed by atoms with E-state index in [1.165, 1.54) is 22.9 Å². The second kappa shape index (κ2) is 7.98. The van der Waals surface area contributed by atoms with Crippen LogP contribution in [-0.2, 0) is 24.1 Å². The number of ether oxygens (including phenoxy) is 1. The molecule has 0 aliphatic heterocycles. The number of carbonyl (C=O) groups excluding carboxylic acids is 1. The van der Waals surface area contributed by atoms with E-state index in [9.17, 15) is 9.59 Å². The lowest BCUT2D eigenvalue weighted by molar-refractivity contribution is 0.103. The van der Waals surface area contributed by atoms with E-state index in [4.69, 9.17) is 4.74 Å². The van der Waals surface area contributed by atoms with Gasteiger partial charge in [0, 0.05) is 30.8 Å². The van der Waals surface area contributed by atoms with Crippen LogP contribution in [0.15, 0.2) is 29.2 Å². The number of fused-ring (bicyclic) bond motifs is 1. The Morgan fingerprint density at radius 1 is 1.37 bits per heavy atom. The topological polar surface area (TPSA) is 60.3 Å². The highest BCUT2D eigenvalue weighted by molar-refractivity contribution is 7.14. The third-order valence-corrected chi connectivity index (χ3v) is 6.54. The number of hydrogen-bond acceptors (Lipinski definition) is 4. The average Bonchev–Trinajstić information content (AvgIpc) is 3.05. The average molecular weight is 389 g/mol. The van der Waals surface area contributed by atoms with Gasteiger partial charge in [-0.1, -0.05) is 20.8 Å². The fraction of sp³-hybridized carbons (Fsp3) is 0.524. The highest BCUT2D eigenvalue weighted by Gasteiger charge is 2.30. The molecule has 1 aliphatic rings. The zero-order valence-electron chi connectivity index (χ0n) is 16.5. The third kappa shape index (κ3) is 4.68. The number of methoxy groups -OCH3 is 1. The summed E-state index contributed by atoms with van der Waals surface area (Å²) in [6.45, 7) is 7.79. The first kappa shape index (κ1) is 19.8. The first-order valence-corrected chi connectivity index (χ1v) is 10.2. The number of nitrogens with one attached hydrogen (secondary N) is 1. The van der Waals surface area contributed by atoms with Gasteiger partial charge in [0.2, 0.25) is 0 Å². The van der Waals surface area contributed by atoms with Crippen molar-refractivity contribution in [3.05, 3.63) is 50.1 Å². The molecular weight excluding hydrogens is 360 g/mol. The van der Waals surface area contributed by atoms with Gasteiger partial charge >= 0.3 is 0 Å². The van der Waals surface area contributed by atoms with Crippen molar-refractivity contribution in [3.63, 3.8) is 0 Å². The Morgan fingerprint density at radius 2 is 2.15 bits per heavy atom. The monoisotopic (exact) mass is 388 g/mol. The molecule has 27 heavy (non-hydrogen) atoms. The number of nitrogens with zero attached hydrogens (tertiary/aromatic N) is 1. The minimum atomic E-state index is -0.112. The van der Waals surface area contributed by atoms with E-state index >= 15 is 0 Å². The van der Waals surface area contributed by atoms with Crippen molar-refractivity contribution < 1.29 is 9.53 Å². The normalized spacial score (nSPS) is 16.8. The predicted octanol–water partition coefficient (Wildman–Crippen LogP) is 3.96. The molecule has 2 aromatic heterocycles. The Labute approximate surface area is 164 Å². The Kier molecular flexibility index (Phi) is 5.86. The van der Waals surface area contributed by atoms with Crippen LogP contribution in [0.3, 0.4) is 0 Å². The van der Waals surface area contributed by atoms with E-state index in [1.54, 1.807) is 35.3 Å². The number of aryl methyl sites for hydroxylation is 1. The summed E-state index contributed by atoms with van der Waals surface area (Å²) in [5.41, 5.74) is 2.12. The Balaban J connectivity index is 1.73. The SMILES string of the molecule is COCCn1cc(NC(=O)c2cc3c(s2)CCC(C(C)(C)C)C3)ccc1=O. The van der Waals surface area contributed by atoms with Crippen molar-refractivity contribution >= 4 is 22.9 Å². The van der Waals surface area contributed by atoms with Gasteiger partial charge < -0.3 is 14.6 Å². The van der Waals surface area contributed by atoms with Gasteiger partial charge in [-0.25, -0.2) is 0 Å². The molecule has 0 bridgehead atoms. The summed E-state index contributed by atoms with van der Waals surface area (Å²) >= 11 is 1.60. The van der Waals surface area contributed by atoms with Gasteiger partial charge in [0.25, 0.3) is 11.5 Å². The van der Waals surface area contributed by atoms with Crippen molar-refractivity contribution in [1.82, 2.24) is 4.57 Å². The lowest BCUT2D eigenvalue weighted by atomic mass is 9.72. The molecule has 0 fully saturated rings. The second-order valence-electron chi connectivity index (χ2n) is 8.26. The smallest absolute Gasteiger partial charge is 0.265 e. The molecule has 0 aromatic carbocycles. The molecule has 3 rings (SSSR count). The van der Waals surface area contributed by atoms with Gasteiger partial charge in [-0.2, -0.15) is 0 Å². The van der Waals surface area contributed by atoms with Crippen LogP contribution < -0.4 is 10.9 Å². The minimum absolute atomic E-state index is 0.107. The fourth-order valence-corrected chi connectivity index (χ4v) is 4.64. The quantitative estimate of drug-likeness (QED) is 0.843. The number of hydrogen-bond donors (Lipinski definition) is 1. The summed E-state index contributed by atoms with van der Waals surface area (Å²) in [6, 6.07) is 5.17.